The summed E-state index contributed by atoms with van der Waals surface area (Å²) in [7, 11) is 0. The van der Waals surface area contributed by atoms with Crippen molar-refractivity contribution in [2.24, 2.45) is 0 Å². The monoisotopic (exact) mass is 566 g/mol. The van der Waals surface area contributed by atoms with Gasteiger partial charge in [-0.3, -0.25) is 9.59 Å². The van der Waals surface area contributed by atoms with Crippen LogP contribution in [0.3, 0.4) is 0 Å². The molecule has 1 aromatic heterocycles. The van der Waals surface area contributed by atoms with Gasteiger partial charge in [0.1, 0.15) is 5.70 Å². The van der Waals surface area contributed by atoms with Gasteiger partial charge in [0.05, 0.1) is 11.4 Å². The summed E-state index contributed by atoms with van der Waals surface area (Å²) in [5.74, 6) is 0.344. The molecule has 5 aromatic rings. The van der Waals surface area contributed by atoms with Crippen molar-refractivity contribution in [1.82, 2.24) is 25.5 Å². The zero-order valence-electron chi connectivity index (χ0n) is 21.1. The van der Waals surface area contributed by atoms with Crippen LogP contribution in [0.1, 0.15) is 21.7 Å². The molecule has 1 heterocycles. The molecule has 0 aliphatic carbocycles. The molecule has 2 amide bonds. The van der Waals surface area contributed by atoms with Gasteiger partial charge < -0.3 is 10.6 Å². The van der Waals surface area contributed by atoms with E-state index in [0.717, 1.165) is 10.6 Å². The molecule has 0 radical (unpaired) electrons. The predicted octanol–water partition coefficient (Wildman–Crippen LogP) is 6.02. The Balaban J connectivity index is 1.31. The number of benzene rings is 4. The number of anilines is 1. The largest absolute Gasteiger partial charge is 0.321 e. The molecule has 5 rings (SSSR count). The summed E-state index contributed by atoms with van der Waals surface area (Å²) < 4.78 is 1.70. The number of nitrogens with one attached hydrogen (secondary N) is 2. The molecule has 40 heavy (non-hydrogen) atoms. The molecule has 198 valence electrons. The average molecular weight is 567 g/mol. The highest BCUT2D eigenvalue weighted by molar-refractivity contribution is 7.98. The van der Waals surface area contributed by atoms with E-state index < -0.39 is 11.8 Å². The second-order valence-corrected chi connectivity index (χ2v) is 10.0. The van der Waals surface area contributed by atoms with E-state index in [-0.39, 0.29) is 5.70 Å². The zero-order valence-corrected chi connectivity index (χ0v) is 22.6. The predicted molar refractivity (Wildman–Crippen MR) is 157 cm³/mol. The van der Waals surface area contributed by atoms with Crippen LogP contribution in [0, 0.1) is 0 Å². The summed E-state index contributed by atoms with van der Waals surface area (Å²) in [5, 5.41) is 18.2. The van der Waals surface area contributed by atoms with Gasteiger partial charge in [-0.25, -0.2) is 0 Å². The Labute approximate surface area is 240 Å². The lowest BCUT2D eigenvalue weighted by Crippen LogP contribution is -2.30. The van der Waals surface area contributed by atoms with Crippen LogP contribution < -0.4 is 10.6 Å². The van der Waals surface area contributed by atoms with Crippen molar-refractivity contribution >= 4 is 46.9 Å². The molecule has 0 unspecified atom stereocenters. The minimum atomic E-state index is -0.473. The molecule has 0 aliphatic heterocycles. The lowest BCUT2D eigenvalue weighted by atomic mass is 10.1. The molecular weight excluding hydrogens is 544 g/mol. The minimum Gasteiger partial charge on any atom is -0.321 e. The van der Waals surface area contributed by atoms with Crippen LogP contribution in [0.5, 0.6) is 0 Å². The van der Waals surface area contributed by atoms with E-state index in [9.17, 15) is 9.59 Å². The lowest BCUT2D eigenvalue weighted by Gasteiger charge is -2.12. The fourth-order valence-corrected chi connectivity index (χ4v) is 4.84. The molecule has 8 nitrogen and oxygen atoms in total. The summed E-state index contributed by atoms with van der Waals surface area (Å²) in [4.78, 5) is 27.1. The lowest BCUT2D eigenvalue weighted by molar-refractivity contribution is -0.113. The van der Waals surface area contributed by atoms with Crippen LogP contribution in [-0.4, -0.2) is 32.0 Å². The Morgan fingerprint density at radius 2 is 1.62 bits per heavy atom. The van der Waals surface area contributed by atoms with Crippen LogP contribution in [0.15, 0.2) is 120 Å². The van der Waals surface area contributed by atoms with Crippen LogP contribution in [-0.2, 0) is 10.5 Å². The standard InChI is InChI=1S/C30H23ClN6O2S/c31-23-12-7-9-21(17-23)18-27(33-29(38)22-10-3-1-4-11-22)30(39)32-24-13-8-16-26(19-24)40-20-28-34-35-36-37(28)25-14-5-2-6-15-25/h1-19H,20H2,(H,32,39)(H,33,38)/b27-18-. The zero-order chi connectivity index (χ0) is 27.7. The number of carbonyl (C=O) groups excluding carboxylic acids is 2. The first-order valence-electron chi connectivity index (χ1n) is 12.3. The highest BCUT2D eigenvalue weighted by atomic mass is 35.5. The molecule has 0 aliphatic rings. The highest BCUT2D eigenvalue weighted by Gasteiger charge is 2.16. The highest BCUT2D eigenvalue weighted by Crippen LogP contribution is 2.25. The smallest absolute Gasteiger partial charge is 0.272 e. The molecule has 0 saturated carbocycles. The number of nitrogens with zero attached hydrogens (tertiary/aromatic N) is 4. The molecule has 2 N–H and O–H groups in total. The summed E-state index contributed by atoms with van der Waals surface area (Å²) in [5.41, 5.74) is 2.63. The van der Waals surface area contributed by atoms with Gasteiger partial charge in [-0.2, -0.15) is 4.68 Å². The number of carbonyl (C=O) groups is 2. The van der Waals surface area contributed by atoms with Gasteiger partial charge in [0.25, 0.3) is 11.8 Å². The SMILES string of the molecule is O=C(Nc1cccc(SCc2nnnn2-c2ccccc2)c1)/C(=C/c1cccc(Cl)c1)NC(=O)c1ccccc1. The minimum absolute atomic E-state index is 0.0798. The second-order valence-electron chi connectivity index (χ2n) is 8.55. The summed E-state index contributed by atoms with van der Waals surface area (Å²) in [6.45, 7) is 0. The number of para-hydroxylation sites is 1. The van der Waals surface area contributed by atoms with E-state index in [4.69, 9.17) is 11.6 Å². The Kier molecular flexibility index (Phi) is 8.65. The van der Waals surface area contributed by atoms with Crippen LogP contribution >= 0.6 is 23.4 Å². The number of rotatable bonds is 9. The summed E-state index contributed by atoms with van der Waals surface area (Å²) in [6, 6.07) is 32.8. The maximum atomic E-state index is 13.4. The molecule has 0 fully saturated rings. The van der Waals surface area contributed by atoms with Crippen molar-refractivity contribution in [3.8, 4) is 5.69 Å². The van der Waals surface area contributed by atoms with Crippen LogP contribution in [0.25, 0.3) is 11.8 Å². The molecule has 10 heteroatoms. The fourth-order valence-electron chi connectivity index (χ4n) is 3.78. The van der Waals surface area contributed by atoms with E-state index in [0.29, 0.717) is 33.4 Å². The Morgan fingerprint density at radius 3 is 2.40 bits per heavy atom. The van der Waals surface area contributed by atoms with Gasteiger partial charge >= 0.3 is 0 Å². The Hall–Kier alpha value is -4.73. The van der Waals surface area contributed by atoms with Crippen molar-refractivity contribution in [3.05, 3.63) is 137 Å². The summed E-state index contributed by atoms with van der Waals surface area (Å²) >= 11 is 7.67. The molecule has 0 atom stereocenters. The third-order valence-electron chi connectivity index (χ3n) is 5.68. The van der Waals surface area contributed by atoms with Crippen molar-refractivity contribution in [2.45, 2.75) is 10.6 Å². The maximum Gasteiger partial charge on any atom is 0.272 e. The number of hydrogen-bond acceptors (Lipinski definition) is 6. The Morgan fingerprint density at radius 1 is 0.875 bits per heavy atom. The van der Waals surface area contributed by atoms with Crippen LogP contribution in [0.2, 0.25) is 5.02 Å². The number of amides is 2. The molecule has 0 spiro atoms. The third kappa shape index (κ3) is 7.02. The first-order chi connectivity index (χ1) is 19.5. The number of tetrazole rings is 1. The van der Waals surface area contributed by atoms with E-state index in [1.54, 1.807) is 65.4 Å². The van der Waals surface area contributed by atoms with Crippen molar-refractivity contribution in [2.75, 3.05) is 5.32 Å². The fraction of sp³-hybridized carbons (Fsp3) is 0.0333. The Bertz CT molecular complexity index is 1660. The van der Waals surface area contributed by atoms with Gasteiger partial charge in [-0.1, -0.05) is 66.2 Å². The van der Waals surface area contributed by atoms with E-state index in [2.05, 4.69) is 26.2 Å². The number of thioether (sulfide) groups is 1. The molecule has 0 bridgehead atoms. The average Bonchev–Trinajstić information content (AvgIpc) is 3.46. The number of aromatic nitrogens is 4. The van der Waals surface area contributed by atoms with E-state index in [1.807, 2.05) is 54.6 Å². The van der Waals surface area contributed by atoms with Crippen molar-refractivity contribution in [1.29, 1.82) is 0 Å². The maximum absolute atomic E-state index is 13.4. The topological polar surface area (TPSA) is 102 Å². The first kappa shape index (κ1) is 26.9. The normalized spacial score (nSPS) is 11.2. The van der Waals surface area contributed by atoms with Crippen molar-refractivity contribution in [3.63, 3.8) is 0 Å². The first-order valence-corrected chi connectivity index (χ1v) is 13.6. The third-order valence-corrected chi connectivity index (χ3v) is 6.91. The second kappa shape index (κ2) is 12.9. The van der Waals surface area contributed by atoms with Gasteiger partial charge in [0.2, 0.25) is 0 Å². The van der Waals surface area contributed by atoms with Gasteiger partial charge in [0, 0.05) is 21.2 Å². The number of halogens is 1. The summed E-state index contributed by atoms with van der Waals surface area (Å²) in [6.07, 6.45) is 1.59. The quantitative estimate of drug-likeness (QED) is 0.167. The molecule has 0 saturated heterocycles. The molecular formula is C30H23ClN6O2S. The molecule has 4 aromatic carbocycles. The van der Waals surface area contributed by atoms with Gasteiger partial charge in [-0.15, -0.1) is 16.9 Å². The van der Waals surface area contributed by atoms with Gasteiger partial charge in [0.15, 0.2) is 5.82 Å². The van der Waals surface area contributed by atoms with Gasteiger partial charge in [-0.05, 0) is 76.7 Å². The van der Waals surface area contributed by atoms with Crippen molar-refractivity contribution < 1.29 is 9.59 Å². The van der Waals surface area contributed by atoms with E-state index in [1.165, 1.54) is 11.8 Å². The van der Waals surface area contributed by atoms with E-state index >= 15 is 0 Å². The number of hydrogen-bond donors (Lipinski definition) is 2. The van der Waals surface area contributed by atoms with Crippen LogP contribution in [0.4, 0.5) is 5.69 Å².